The SMILES string of the molecule is CC1C(=O)NC(=O)CN1C(=O)Cc1ccc([N+](=O)[O-])cc1. The molecular weight excluding hydrogens is 278 g/mol. The van der Waals surface area contributed by atoms with Gasteiger partial charge in [-0.1, -0.05) is 12.1 Å². The second-order valence-electron chi connectivity index (χ2n) is 4.71. The van der Waals surface area contributed by atoms with Crippen LogP contribution in [0.25, 0.3) is 0 Å². The molecule has 0 bridgehead atoms. The maximum Gasteiger partial charge on any atom is 0.269 e. The second-order valence-corrected chi connectivity index (χ2v) is 4.71. The molecule has 1 aliphatic heterocycles. The number of hydrogen-bond acceptors (Lipinski definition) is 5. The largest absolute Gasteiger partial charge is 0.321 e. The third kappa shape index (κ3) is 3.22. The zero-order chi connectivity index (χ0) is 15.6. The van der Waals surface area contributed by atoms with Crippen molar-refractivity contribution in [2.24, 2.45) is 0 Å². The lowest BCUT2D eigenvalue weighted by molar-refractivity contribution is -0.384. The highest BCUT2D eigenvalue weighted by atomic mass is 16.6. The maximum absolute atomic E-state index is 12.1. The molecule has 1 atom stereocenters. The van der Waals surface area contributed by atoms with Crippen LogP contribution in [0.1, 0.15) is 12.5 Å². The first kappa shape index (κ1) is 14.6. The van der Waals surface area contributed by atoms with E-state index in [0.717, 1.165) is 0 Å². The molecule has 3 amide bonds. The van der Waals surface area contributed by atoms with Crippen LogP contribution in [-0.2, 0) is 20.8 Å². The number of nitrogens with zero attached hydrogens (tertiary/aromatic N) is 2. The number of rotatable bonds is 3. The lowest BCUT2D eigenvalue weighted by Gasteiger charge is -2.31. The van der Waals surface area contributed by atoms with Gasteiger partial charge in [0.15, 0.2) is 0 Å². The van der Waals surface area contributed by atoms with E-state index in [9.17, 15) is 24.5 Å². The van der Waals surface area contributed by atoms with Gasteiger partial charge >= 0.3 is 0 Å². The van der Waals surface area contributed by atoms with Crippen LogP contribution in [0.5, 0.6) is 0 Å². The van der Waals surface area contributed by atoms with Gasteiger partial charge in [0.2, 0.25) is 17.7 Å². The van der Waals surface area contributed by atoms with Gasteiger partial charge in [0, 0.05) is 12.1 Å². The van der Waals surface area contributed by atoms with Gasteiger partial charge in [0.1, 0.15) is 12.6 Å². The van der Waals surface area contributed by atoms with Crippen LogP contribution in [0, 0.1) is 10.1 Å². The Hall–Kier alpha value is -2.77. The van der Waals surface area contributed by atoms with E-state index in [4.69, 9.17) is 0 Å². The summed E-state index contributed by atoms with van der Waals surface area (Å²) in [6.45, 7) is 1.37. The number of carbonyl (C=O) groups excluding carboxylic acids is 3. The third-order valence-electron chi connectivity index (χ3n) is 3.25. The Balaban J connectivity index is 2.08. The highest BCUT2D eigenvalue weighted by molar-refractivity contribution is 6.04. The number of piperazine rings is 1. The lowest BCUT2D eigenvalue weighted by Crippen LogP contribution is -2.58. The summed E-state index contributed by atoms with van der Waals surface area (Å²) in [7, 11) is 0. The summed E-state index contributed by atoms with van der Waals surface area (Å²) in [4.78, 5) is 46.2. The zero-order valence-corrected chi connectivity index (χ0v) is 11.2. The molecule has 1 fully saturated rings. The molecule has 0 aliphatic carbocycles. The van der Waals surface area contributed by atoms with E-state index in [1.807, 2.05) is 0 Å². The lowest BCUT2D eigenvalue weighted by atomic mass is 10.1. The summed E-state index contributed by atoms with van der Waals surface area (Å²) in [5.41, 5.74) is 0.517. The Morgan fingerprint density at radius 3 is 2.57 bits per heavy atom. The van der Waals surface area contributed by atoms with Crippen LogP contribution >= 0.6 is 0 Å². The third-order valence-corrected chi connectivity index (χ3v) is 3.25. The first-order valence-electron chi connectivity index (χ1n) is 6.25. The highest BCUT2D eigenvalue weighted by Crippen LogP contribution is 2.14. The maximum atomic E-state index is 12.1. The van der Waals surface area contributed by atoms with Crippen molar-refractivity contribution in [1.29, 1.82) is 0 Å². The fraction of sp³-hybridized carbons (Fsp3) is 0.308. The molecule has 0 spiro atoms. The van der Waals surface area contributed by atoms with E-state index in [0.29, 0.717) is 5.56 Å². The molecule has 2 rings (SSSR count). The van der Waals surface area contributed by atoms with Crippen molar-refractivity contribution in [3.05, 3.63) is 39.9 Å². The number of carbonyl (C=O) groups is 3. The van der Waals surface area contributed by atoms with Crippen molar-refractivity contribution in [1.82, 2.24) is 10.2 Å². The Kier molecular flexibility index (Phi) is 3.97. The zero-order valence-electron chi connectivity index (χ0n) is 11.2. The molecule has 1 saturated heterocycles. The topological polar surface area (TPSA) is 110 Å². The van der Waals surface area contributed by atoms with Gasteiger partial charge in [-0.05, 0) is 12.5 Å². The van der Waals surface area contributed by atoms with Gasteiger partial charge in [-0.25, -0.2) is 0 Å². The second kappa shape index (κ2) is 5.70. The number of hydrogen-bond donors (Lipinski definition) is 1. The van der Waals surface area contributed by atoms with Crippen molar-refractivity contribution in [3.63, 3.8) is 0 Å². The summed E-state index contributed by atoms with van der Waals surface area (Å²) in [6, 6.07) is 4.85. The molecule has 1 aromatic carbocycles. The van der Waals surface area contributed by atoms with Gasteiger partial charge in [-0.3, -0.25) is 29.8 Å². The summed E-state index contributed by atoms with van der Waals surface area (Å²) < 4.78 is 0. The van der Waals surface area contributed by atoms with Crippen LogP contribution in [0.4, 0.5) is 5.69 Å². The normalized spacial score (nSPS) is 18.3. The first-order chi connectivity index (χ1) is 9.88. The molecule has 1 aliphatic rings. The van der Waals surface area contributed by atoms with E-state index in [1.165, 1.54) is 36.1 Å². The number of nitro groups is 1. The summed E-state index contributed by atoms with van der Waals surface area (Å²) in [6.07, 6.45) is -0.0249. The van der Waals surface area contributed by atoms with Crippen molar-refractivity contribution in [3.8, 4) is 0 Å². The van der Waals surface area contributed by atoms with Crippen molar-refractivity contribution in [2.75, 3.05) is 6.54 Å². The smallest absolute Gasteiger partial charge is 0.269 e. The van der Waals surface area contributed by atoms with Crippen molar-refractivity contribution >= 4 is 23.4 Å². The minimum Gasteiger partial charge on any atom is -0.321 e. The summed E-state index contributed by atoms with van der Waals surface area (Å²) in [5, 5.41) is 12.7. The Morgan fingerprint density at radius 2 is 2.00 bits per heavy atom. The molecule has 1 aromatic rings. The van der Waals surface area contributed by atoms with Gasteiger partial charge in [0.05, 0.1) is 11.3 Å². The molecule has 1 N–H and O–H groups in total. The fourth-order valence-corrected chi connectivity index (χ4v) is 2.03. The Morgan fingerprint density at radius 1 is 1.38 bits per heavy atom. The van der Waals surface area contributed by atoms with Crippen LogP contribution < -0.4 is 5.32 Å². The standard InChI is InChI=1S/C13H13N3O5/c1-8-13(19)14-11(17)7-15(8)12(18)6-9-2-4-10(5-3-9)16(20)21/h2-5,8H,6-7H2,1H3,(H,14,17,19). The van der Waals surface area contributed by atoms with Gasteiger partial charge in [0.25, 0.3) is 5.69 Å². The predicted molar refractivity (Wildman–Crippen MR) is 71.1 cm³/mol. The molecule has 1 unspecified atom stereocenters. The molecule has 110 valence electrons. The quantitative estimate of drug-likeness (QED) is 0.479. The molecule has 1 heterocycles. The molecule has 21 heavy (non-hydrogen) atoms. The molecule has 0 saturated carbocycles. The average molecular weight is 291 g/mol. The molecular formula is C13H13N3O5. The highest BCUT2D eigenvalue weighted by Gasteiger charge is 2.33. The number of non-ortho nitro benzene ring substituents is 1. The monoisotopic (exact) mass is 291 g/mol. The number of benzene rings is 1. The van der Waals surface area contributed by atoms with Crippen LogP contribution in [0.3, 0.4) is 0 Å². The Labute approximate surface area is 119 Å². The van der Waals surface area contributed by atoms with Crippen molar-refractivity contribution < 1.29 is 19.3 Å². The number of nitro benzene ring substituents is 1. The summed E-state index contributed by atoms with van der Waals surface area (Å²) in [5.74, 6) is -1.40. The summed E-state index contributed by atoms with van der Waals surface area (Å²) >= 11 is 0. The van der Waals surface area contributed by atoms with E-state index < -0.39 is 22.8 Å². The first-order valence-corrected chi connectivity index (χ1v) is 6.25. The van der Waals surface area contributed by atoms with E-state index in [1.54, 1.807) is 0 Å². The van der Waals surface area contributed by atoms with Gasteiger partial charge < -0.3 is 4.90 Å². The minimum absolute atomic E-state index is 0.0249. The Bertz CT molecular complexity index is 611. The van der Waals surface area contributed by atoms with E-state index in [-0.39, 0.29) is 24.6 Å². The number of amides is 3. The van der Waals surface area contributed by atoms with E-state index in [2.05, 4.69) is 5.32 Å². The number of nitrogens with one attached hydrogen (secondary N) is 1. The van der Waals surface area contributed by atoms with Crippen LogP contribution in [-0.4, -0.2) is 40.1 Å². The minimum atomic E-state index is -0.715. The molecule has 0 aromatic heterocycles. The van der Waals surface area contributed by atoms with Crippen molar-refractivity contribution in [2.45, 2.75) is 19.4 Å². The fourth-order valence-electron chi connectivity index (χ4n) is 2.03. The predicted octanol–water partition coefficient (Wildman–Crippen LogP) is 0.0108. The number of imide groups is 1. The van der Waals surface area contributed by atoms with Gasteiger partial charge in [-0.2, -0.15) is 0 Å². The van der Waals surface area contributed by atoms with Crippen LogP contribution in [0.15, 0.2) is 24.3 Å². The molecule has 8 heteroatoms. The van der Waals surface area contributed by atoms with Gasteiger partial charge in [-0.15, -0.1) is 0 Å². The van der Waals surface area contributed by atoms with E-state index >= 15 is 0 Å². The molecule has 0 radical (unpaired) electrons. The molecule has 8 nitrogen and oxygen atoms in total. The average Bonchev–Trinajstić information content (AvgIpc) is 2.43. The van der Waals surface area contributed by atoms with Crippen LogP contribution in [0.2, 0.25) is 0 Å².